The molecule has 0 fully saturated rings. The van der Waals surface area contributed by atoms with E-state index in [9.17, 15) is 24.3 Å². The zero-order valence-electron chi connectivity index (χ0n) is 25.5. The molecule has 0 aliphatic heterocycles. The van der Waals surface area contributed by atoms with Crippen LogP contribution in [-0.2, 0) is 23.8 Å². The first-order valence-corrected chi connectivity index (χ1v) is 14.1. The van der Waals surface area contributed by atoms with Crippen molar-refractivity contribution in [3.05, 3.63) is 23.8 Å². The van der Waals surface area contributed by atoms with Gasteiger partial charge in [-0.3, -0.25) is 9.59 Å². The van der Waals surface area contributed by atoms with Crippen LogP contribution in [0.5, 0.6) is 11.5 Å². The van der Waals surface area contributed by atoms with Crippen LogP contribution in [0.25, 0.3) is 0 Å². The largest absolute Gasteiger partial charge is 0.513 e. The average Bonchev–Trinajstić information content (AvgIpc) is 2.86. The zero-order valence-corrected chi connectivity index (χ0v) is 25.5. The predicted molar refractivity (Wildman–Crippen MR) is 152 cm³/mol. The van der Waals surface area contributed by atoms with Crippen LogP contribution in [0.3, 0.4) is 0 Å². The third kappa shape index (κ3) is 13.2. The monoisotopic (exact) mass is 581 g/mol. The minimum absolute atomic E-state index is 0.0661. The molecular formula is C30H47NO10. The maximum absolute atomic E-state index is 12.5. The number of ether oxygens (including phenoxy) is 5. The van der Waals surface area contributed by atoms with Crippen LogP contribution < -0.4 is 15.2 Å². The number of carboxylic acid groups (broad SMARTS) is 1. The summed E-state index contributed by atoms with van der Waals surface area (Å²) in [4.78, 5) is 49.1. The van der Waals surface area contributed by atoms with Gasteiger partial charge in [-0.05, 0) is 61.6 Å². The molecule has 0 aliphatic rings. The molecular weight excluding hydrogens is 534 g/mol. The van der Waals surface area contributed by atoms with Gasteiger partial charge in [0.1, 0.15) is 6.04 Å². The molecule has 0 saturated heterocycles. The number of hydrogen-bond acceptors (Lipinski definition) is 10. The van der Waals surface area contributed by atoms with Crippen LogP contribution in [0.1, 0.15) is 86.1 Å². The Balaban J connectivity index is 3.28. The molecule has 11 heteroatoms. The van der Waals surface area contributed by atoms with Crippen molar-refractivity contribution in [2.75, 3.05) is 13.2 Å². The molecule has 0 saturated carbocycles. The van der Waals surface area contributed by atoms with Gasteiger partial charge in [-0.2, -0.15) is 0 Å². The van der Waals surface area contributed by atoms with E-state index in [-0.39, 0.29) is 43.0 Å². The topological polar surface area (TPSA) is 161 Å². The second-order valence-corrected chi connectivity index (χ2v) is 11.5. The summed E-state index contributed by atoms with van der Waals surface area (Å²) in [6, 6.07) is 2.85. The number of carboxylic acids is 1. The lowest BCUT2D eigenvalue weighted by Crippen LogP contribution is -2.38. The highest BCUT2D eigenvalue weighted by Crippen LogP contribution is 2.35. The molecule has 3 unspecified atom stereocenters. The summed E-state index contributed by atoms with van der Waals surface area (Å²) in [6.07, 6.45) is -1.37. The number of carbonyl (C=O) groups excluding carboxylic acids is 3. The second kappa shape index (κ2) is 17.5. The fourth-order valence-electron chi connectivity index (χ4n) is 3.56. The van der Waals surface area contributed by atoms with Gasteiger partial charge in [0.25, 0.3) is 0 Å². The molecule has 0 heterocycles. The van der Waals surface area contributed by atoms with Gasteiger partial charge in [-0.25, -0.2) is 9.59 Å². The molecule has 0 amide bonds. The lowest BCUT2D eigenvalue weighted by atomic mass is 9.87. The summed E-state index contributed by atoms with van der Waals surface area (Å²) >= 11 is 0. The third-order valence-electron chi connectivity index (χ3n) is 6.61. The summed E-state index contributed by atoms with van der Waals surface area (Å²) in [6.45, 7) is 15.4. The SMILES string of the molecule is CC(C)CCOC(=O)Oc1ccc(C(CC(C)OC(=O)C(C)C(C)C)[C@H](N)C(=O)O)cc1OC(=O)OCCC(C)C. The molecule has 3 N–H and O–H groups in total. The van der Waals surface area contributed by atoms with Crippen LogP contribution >= 0.6 is 0 Å². The molecule has 232 valence electrons. The highest BCUT2D eigenvalue weighted by atomic mass is 16.7. The number of hydrogen-bond donors (Lipinski definition) is 2. The van der Waals surface area contributed by atoms with E-state index < -0.39 is 42.3 Å². The minimum atomic E-state index is -1.38. The first-order chi connectivity index (χ1) is 19.1. The van der Waals surface area contributed by atoms with E-state index in [4.69, 9.17) is 29.4 Å². The van der Waals surface area contributed by atoms with Crippen LogP contribution in [0.2, 0.25) is 0 Å². The van der Waals surface area contributed by atoms with E-state index in [1.807, 2.05) is 41.5 Å². The third-order valence-corrected chi connectivity index (χ3v) is 6.61. The lowest BCUT2D eigenvalue weighted by Gasteiger charge is -2.26. The van der Waals surface area contributed by atoms with E-state index in [2.05, 4.69) is 0 Å². The van der Waals surface area contributed by atoms with Gasteiger partial charge in [0.2, 0.25) is 0 Å². The first-order valence-electron chi connectivity index (χ1n) is 14.1. The van der Waals surface area contributed by atoms with Crippen molar-refractivity contribution in [2.45, 2.75) is 92.7 Å². The van der Waals surface area contributed by atoms with Crippen LogP contribution in [-0.4, -0.2) is 54.7 Å². The molecule has 11 nitrogen and oxygen atoms in total. The second-order valence-electron chi connectivity index (χ2n) is 11.5. The van der Waals surface area contributed by atoms with Gasteiger partial charge in [-0.1, -0.05) is 54.5 Å². The minimum Gasteiger partial charge on any atom is -0.480 e. The highest BCUT2D eigenvalue weighted by Gasteiger charge is 2.31. The lowest BCUT2D eigenvalue weighted by molar-refractivity contribution is -0.154. The van der Waals surface area contributed by atoms with Crippen molar-refractivity contribution >= 4 is 24.2 Å². The smallest absolute Gasteiger partial charge is 0.480 e. The Bertz CT molecular complexity index is 1010. The van der Waals surface area contributed by atoms with Crippen molar-refractivity contribution in [1.29, 1.82) is 0 Å². The molecule has 0 spiro atoms. The van der Waals surface area contributed by atoms with Gasteiger partial charge in [0, 0.05) is 5.92 Å². The molecule has 1 rings (SSSR count). The molecule has 0 bridgehead atoms. The Morgan fingerprint density at radius 1 is 0.805 bits per heavy atom. The number of carbonyl (C=O) groups is 4. The van der Waals surface area contributed by atoms with Gasteiger partial charge >= 0.3 is 24.2 Å². The Hall–Kier alpha value is -3.34. The van der Waals surface area contributed by atoms with Gasteiger partial charge in [0.05, 0.1) is 25.2 Å². The van der Waals surface area contributed by atoms with Crippen molar-refractivity contribution in [3.63, 3.8) is 0 Å². The Morgan fingerprint density at radius 2 is 1.32 bits per heavy atom. The van der Waals surface area contributed by atoms with Crippen molar-refractivity contribution in [3.8, 4) is 11.5 Å². The summed E-state index contributed by atoms with van der Waals surface area (Å²) in [5.74, 6) is -2.50. The van der Waals surface area contributed by atoms with Gasteiger partial charge in [0.15, 0.2) is 11.5 Å². The number of aliphatic carboxylic acids is 1. The highest BCUT2D eigenvalue weighted by molar-refractivity contribution is 5.75. The maximum atomic E-state index is 12.5. The maximum Gasteiger partial charge on any atom is 0.513 e. The molecule has 1 aromatic rings. The normalized spacial score (nSPS) is 14.2. The molecule has 0 aliphatic carbocycles. The van der Waals surface area contributed by atoms with Crippen molar-refractivity contribution < 1.29 is 48.0 Å². The van der Waals surface area contributed by atoms with Gasteiger partial charge < -0.3 is 34.5 Å². The molecule has 41 heavy (non-hydrogen) atoms. The average molecular weight is 582 g/mol. The molecule has 1 aromatic carbocycles. The predicted octanol–water partition coefficient (Wildman–Crippen LogP) is 5.92. The van der Waals surface area contributed by atoms with E-state index in [1.54, 1.807) is 13.8 Å². The number of esters is 1. The number of benzene rings is 1. The molecule has 4 atom stereocenters. The van der Waals surface area contributed by atoms with Gasteiger partial charge in [-0.15, -0.1) is 0 Å². The van der Waals surface area contributed by atoms with E-state index in [0.29, 0.717) is 30.2 Å². The van der Waals surface area contributed by atoms with Crippen molar-refractivity contribution in [1.82, 2.24) is 0 Å². The number of nitrogens with two attached hydrogens (primary N) is 1. The van der Waals surface area contributed by atoms with Crippen molar-refractivity contribution in [2.24, 2.45) is 29.4 Å². The Morgan fingerprint density at radius 3 is 1.78 bits per heavy atom. The van der Waals surface area contributed by atoms with E-state index in [0.717, 1.165) is 0 Å². The van der Waals surface area contributed by atoms with Crippen LogP contribution in [0.15, 0.2) is 18.2 Å². The fraction of sp³-hybridized carbons (Fsp3) is 0.667. The summed E-state index contributed by atoms with van der Waals surface area (Å²) in [5.41, 5.74) is 6.41. The van der Waals surface area contributed by atoms with Crippen LogP contribution in [0.4, 0.5) is 9.59 Å². The summed E-state index contributed by atoms with van der Waals surface area (Å²) in [5, 5.41) is 9.70. The zero-order chi connectivity index (χ0) is 31.3. The Labute approximate surface area is 243 Å². The first kappa shape index (κ1) is 35.7. The number of rotatable bonds is 16. The van der Waals surface area contributed by atoms with E-state index in [1.165, 1.54) is 18.2 Å². The summed E-state index contributed by atoms with van der Waals surface area (Å²) in [7, 11) is 0. The summed E-state index contributed by atoms with van der Waals surface area (Å²) < 4.78 is 26.4. The fourth-order valence-corrected chi connectivity index (χ4v) is 3.56. The Kier molecular flexibility index (Phi) is 15.2. The quantitative estimate of drug-likeness (QED) is 0.135. The molecule has 0 aromatic heterocycles. The van der Waals surface area contributed by atoms with E-state index >= 15 is 0 Å². The standard InChI is InChI=1S/C30H47NO10/c1-17(2)11-13-37-29(35)40-24-10-9-22(16-25(24)41-30(36)38-14-12-18(3)4)23(26(31)27(32)33)15-20(7)39-28(34)21(8)19(5)6/h9-10,16-21,23,26H,11-15,31H2,1-8H3,(H,32,33)/t20?,21?,23?,26-/m0/s1. The molecule has 0 radical (unpaired) electrons. The van der Waals surface area contributed by atoms with Crippen LogP contribution in [0, 0.1) is 23.7 Å².